The lowest BCUT2D eigenvalue weighted by Crippen LogP contribution is -2.40. The molecule has 0 radical (unpaired) electrons. The van der Waals surface area contributed by atoms with E-state index in [4.69, 9.17) is 4.52 Å². The van der Waals surface area contributed by atoms with E-state index in [1.165, 1.54) is 6.20 Å². The number of hydrogen-bond acceptors (Lipinski definition) is 4. The van der Waals surface area contributed by atoms with Gasteiger partial charge in [0.05, 0.1) is 6.20 Å². The van der Waals surface area contributed by atoms with E-state index in [9.17, 15) is 4.79 Å². The van der Waals surface area contributed by atoms with Crippen LogP contribution in [0, 0.1) is 5.92 Å². The van der Waals surface area contributed by atoms with Crippen molar-refractivity contribution in [3.05, 3.63) is 18.0 Å². The number of piperidine rings is 1. The number of amides is 1. The maximum atomic E-state index is 11.9. The van der Waals surface area contributed by atoms with Crippen LogP contribution >= 0.6 is 0 Å². The highest BCUT2D eigenvalue weighted by molar-refractivity contribution is 5.91. The van der Waals surface area contributed by atoms with Crippen LogP contribution in [0.15, 0.2) is 16.8 Å². The van der Waals surface area contributed by atoms with E-state index in [0.29, 0.717) is 11.7 Å². The molecule has 5 heteroatoms. The molecule has 0 bridgehead atoms. The Bertz CT molecular complexity index is 329. The molecule has 2 heterocycles. The first-order valence-electron chi connectivity index (χ1n) is 5.66. The molecule has 1 aliphatic rings. The molecule has 16 heavy (non-hydrogen) atoms. The molecule has 1 aromatic heterocycles. The van der Waals surface area contributed by atoms with E-state index in [2.05, 4.69) is 10.5 Å². The van der Waals surface area contributed by atoms with Crippen LogP contribution in [-0.4, -0.2) is 42.6 Å². The van der Waals surface area contributed by atoms with Crippen LogP contribution in [-0.2, 0) is 0 Å². The molecule has 0 aliphatic carbocycles. The average Bonchev–Trinajstić information content (AvgIpc) is 2.83. The van der Waals surface area contributed by atoms with Crippen molar-refractivity contribution in [1.29, 1.82) is 0 Å². The number of carbonyl (C=O) groups excluding carboxylic acids is 1. The minimum atomic E-state index is -0.0413. The molecule has 5 nitrogen and oxygen atoms in total. The highest BCUT2D eigenvalue weighted by Crippen LogP contribution is 2.18. The molecule has 0 unspecified atom stereocenters. The van der Waals surface area contributed by atoms with E-state index >= 15 is 0 Å². The topological polar surface area (TPSA) is 58.4 Å². The molecule has 0 aromatic carbocycles. The van der Waals surface area contributed by atoms with Crippen LogP contribution in [0.25, 0.3) is 0 Å². The maximum Gasteiger partial charge on any atom is 0.292 e. The first kappa shape index (κ1) is 11.1. The fourth-order valence-electron chi connectivity index (χ4n) is 2.11. The van der Waals surface area contributed by atoms with Crippen molar-refractivity contribution >= 4 is 5.91 Å². The summed E-state index contributed by atoms with van der Waals surface area (Å²) < 4.78 is 4.87. The largest absolute Gasteiger partial charge is 0.351 e. The van der Waals surface area contributed by atoms with Crippen LogP contribution in [0.3, 0.4) is 0 Å². The third-order valence-electron chi connectivity index (χ3n) is 3.04. The molecule has 1 saturated heterocycles. The maximum absolute atomic E-state index is 11.9. The lowest BCUT2D eigenvalue weighted by atomic mass is 9.97. The quantitative estimate of drug-likeness (QED) is 0.821. The molecule has 1 aromatic rings. The van der Waals surface area contributed by atoms with Gasteiger partial charge in [0.1, 0.15) is 0 Å². The van der Waals surface area contributed by atoms with Gasteiger partial charge in [-0.2, -0.15) is 0 Å². The predicted molar refractivity (Wildman–Crippen MR) is 59.1 cm³/mol. The monoisotopic (exact) mass is 223 g/mol. The molecule has 88 valence electrons. The number of likely N-dealkylation sites (tertiary alicyclic amines) is 1. The van der Waals surface area contributed by atoms with Gasteiger partial charge in [-0.25, -0.2) is 0 Å². The van der Waals surface area contributed by atoms with E-state index in [0.717, 1.165) is 32.5 Å². The first-order valence-corrected chi connectivity index (χ1v) is 5.66. The van der Waals surface area contributed by atoms with E-state index in [-0.39, 0.29) is 5.91 Å². The molecule has 0 atom stereocenters. The predicted octanol–water partition coefficient (Wildman–Crippen LogP) is 0.746. The zero-order chi connectivity index (χ0) is 11.4. The third-order valence-corrected chi connectivity index (χ3v) is 3.04. The number of nitrogens with one attached hydrogen (secondary N) is 1. The summed E-state index contributed by atoms with van der Waals surface area (Å²) in [4.78, 5) is 13.7. The van der Waals surface area contributed by atoms with Crippen LogP contribution in [0.2, 0.25) is 0 Å². The summed E-state index contributed by atoms with van der Waals surface area (Å²) in [7, 11) is 1.96. The summed E-state index contributed by atoms with van der Waals surface area (Å²) in [6.07, 6.45) is 3.61. The van der Waals surface area contributed by atoms with Crippen LogP contribution in [0.1, 0.15) is 23.4 Å². The zero-order valence-electron chi connectivity index (χ0n) is 9.48. The second-order valence-electron chi connectivity index (χ2n) is 4.17. The molecule has 1 N–H and O–H groups in total. The molecule has 2 rings (SSSR count). The van der Waals surface area contributed by atoms with Gasteiger partial charge in [-0.05, 0) is 32.4 Å². The second kappa shape index (κ2) is 5.12. The summed E-state index contributed by atoms with van der Waals surface area (Å²) in [6.45, 7) is 2.65. The molecule has 0 saturated carbocycles. The molecular weight excluding hydrogens is 206 g/mol. The smallest absolute Gasteiger partial charge is 0.292 e. The first-order chi connectivity index (χ1) is 7.81. The zero-order valence-corrected chi connectivity index (χ0v) is 9.48. The number of nitrogens with zero attached hydrogens (tertiary/aromatic N) is 2. The van der Waals surface area contributed by atoms with Gasteiger partial charge in [-0.15, -0.1) is 0 Å². The molecule has 1 amide bonds. The Hall–Kier alpha value is -1.36. The summed E-state index contributed by atoms with van der Waals surface area (Å²) in [5, 5.41) is 6.73. The Morgan fingerprint density at radius 3 is 2.94 bits per heavy atom. The minimum Gasteiger partial charge on any atom is -0.351 e. The number of aromatic nitrogens is 1. The summed E-state index contributed by atoms with van der Waals surface area (Å²) in [5.74, 6) is 0.983. The van der Waals surface area contributed by atoms with Crippen molar-refractivity contribution in [1.82, 2.24) is 15.4 Å². The molecular formula is C11H17N3O2. The van der Waals surface area contributed by atoms with Gasteiger partial charge in [0.15, 0.2) is 0 Å². The Morgan fingerprint density at radius 2 is 2.38 bits per heavy atom. The van der Waals surface area contributed by atoms with Crippen LogP contribution in [0.5, 0.6) is 0 Å². The van der Waals surface area contributed by atoms with Crippen LogP contribution in [0.4, 0.5) is 0 Å². The van der Waals surface area contributed by atoms with Gasteiger partial charge in [-0.3, -0.25) is 4.79 Å². The summed E-state index contributed by atoms with van der Waals surface area (Å²) in [6, 6.07) is 1.61. The van der Waals surface area contributed by atoms with Crippen molar-refractivity contribution in [3.63, 3.8) is 0 Å². The van der Waals surface area contributed by atoms with Crippen molar-refractivity contribution in [2.45, 2.75) is 12.8 Å². The van der Waals surface area contributed by atoms with Gasteiger partial charge in [0.2, 0.25) is 5.76 Å². The molecule has 1 fully saturated rings. The van der Waals surface area contributed by atoms with Gasteiger partial charge in [0.25, 0.3) is 5.91 Å². The highest BCUT2D eigenvalue weighted by atomic mass is 16.5. The number of hydrogen-bond donors (Lipinski definition) is 1. The minimum absolute atomic E-state index is 0.0413. The molecule has 1 aliphatic heterocycles. The Morgan fingerprint density at radius 1 is 1.62 bits per heavy atom. The van der Waals surface area contributed by atoms with Gasteiger partial charge < -0.3 is 14.7 Å². The van der Waals surface area contributed by atoms with E-state index in [1.807, 2.05) is 11.9 Å². The Kier molecular flexibility index (Phi) is 3.56. The fraction of sp³-hybridized carbons (Fsp3) is 0.636. The third kappa shape index (κ3) is 2.41. The van der Waals surface area contributed by atoms with E-state index in [1.54, 1.807) is 6.07 Å². The normalized spacial score (nSPS) is 17.7. The van der Waals surface area contributed by atoms with Crippen LogP contribution < -0.4 is 5.32 Å². The fourth-order valence-corrected chi connectivity index (χ4v) is 2.11. The lowest BCUT2D eigenvalue weighted by Gasteiger charge is -2.31. The molecule has 0 spiro atoms. The van der Waals surface area contributed by atoms with Crippen molar-refractivity contribution in [2.75, 3.05) is 26.7 Å². The second-order valence-corrected chi connectivity index (χ2v) is 4.17. The Balaban J connectivity index is 1.87. The van der Waals surface area contributed by atoms with Crippen molar-refractivity contribution in [3.8, 4) is 0 Å². The SMILES string of the molecule is CNCC1CCN(C(=O)c2ccno2)CC1. The number of carbonyl (C=O) groups is 1. The average molecular weight is 223 g/mol. The van der Waals surface area contributed by atoms with Gasteiger partial charge >= 0.3 is 0 Å². The summed E-state index contributed by atoms with van der Waals surface area (Å²) in [5.41, 5.74) is 0. The van der Waals surface area contributed by atoms with E-state index < -0.39 is 0 Å². The van der Waals surface area contributed by atoms with Crippen molar-refractivity contribution in [2.24, 2.45) is 5.92 Å². The standard InChI is InChI=1S/C11H17N3O2/c1-12-8-9-3-6-14(7-4-9)11(15)10-2-5-13-16-10/h2,5,9,12H,3-4,6-8H2,1H3. The Labute approximate surface area is 94.8 Å². The van der Waals surface area contributed by atoms with Gasteiger partial charge in [-0.1, -0.05) is 5.16 Å². The lowest BCUT2D eigenvalue weighted by molar-refractivity contribution is 0.0649. The summed E-state index contributed by atoms with van der Waals surface area (Å²) >= 11 is 0. The highest BCUT2D eigenvalue weighted by Gasteiger charge is 2.24. The van der Waals surface area contributed by atoms with Crippen molar-refractivity contribution < 1.29 is 9.32 Å². The number of rotatable bonds is 3. The van der Waals surface area contributed by atoms with Gasteiger partial charge in [0, 0.05) is 19.2 Å².